The lowest BCUT2D eigenvalue weighted by molar-refractivity contribution is 0.0793. The van der Waals surface area contributed by atoms with Gasteiger partial charge in [-0.05, 0) is 19.1 Å². The zero-order valence-corrected chi connectivity index (χ0v) is 10.4. The maximum absolute atomic E-state index is 13.5. The number of benzene rings is 1. The second-order valence-electron chi connectivity index (χ2n) is 4.05. The third-order valence-electron chi connectivity index (χ3n) is 2.53. The Balaban J connectivity index is 2.77. The molecule has 98 valence electrons. The number of hydrogen-bond donors (Lipinski definition) is 2. The van der Waals surface area contributed by atoms with Crippen molar-refractivity contribution in [3.05, 3.63) is 35.1 Å². The summed E-state index contributed by atoms with van der Waals surface area (Å²) in [7, 11) is 1.54. The zero-order valence-electron chi connectivity index (χ0n) is 10.4. The van der Waals surface area contributed by atoms with Crippen LogP contribution in [0, 0.1) is 12.7 Å². The average Bonchev–Trinajstić information content (AvgIpc) is 2.37. The molecule has 0 unspecified atom stereocenters. The van der Waals surface area contributed by atoms with Gasteiger partial charge in [-0.25, -0.2) is 4.39 Å². The quantitative estimate of drug-likeness (QED) is 0.368. The van der Waals surface area contributed by atoms with E-state index in [1.807, 2.05) is 0 Å². The van der Waals surface area contributed by atoms with Crippen LogP contribution in [0.5, 0.6) is 0 Å². The summed E-state index contributed by atoms with van der Waals surface area (Å²) in [5, 5.41) is 11.2. The highest BCUT2D eigenvalue weighted by molar-refractivity contribution is 5.94. The van der Waals surface area contributed by atoms with Gasteiger partial charge in [-0.15, -0.1) is 0 Å². The summed E-state index contributed by atoms with van der Waals surface area (Å²) in [6.45, 7) is 2.04. The minimum atomic E-state index is -0.554. The van der Waals surface area contributed by atoms with E-state index in [-0.39, 0.29) is 24.4 Å². The maximum atomic E-state index is 13.5. The molecule has 0 saturated carbocycles. The van der Waals surface area contributed by atoms with Crippen molar-refractivity contribution in [1.82, 2.24) is 4.90 Å². The van der Waals surface area contributed by atoms with E-state index in [2.05, 4.69) is 5.16 Å². The number of nitrogens with zero attached hydrogens (tertiary/aromatic N) is 2. The van der Waals surface area contributed by atoms with E-state index in [1.165, 1.54) is 24.1 Å². The number of amidine groups is 1. The van der Waals surface area contributed by atoms with Crippen molar-refractivity contribution < 1.29 is 14.4 Å². The topological polar surface area (TPSA) is 78.9 Å². The van der Waals surface area contributed by atoms with E-state index in [1.54, 1.807) is 13.0 Å². The lowest BCUT2D eigenvalue weighted by Gasteiger charge is -2.17. The normalized spacial score (nSPS) is 11.4. The van der Waals surface area contributed by atoms with Gasteiger partial charge in [0.1, 0.15) is 11.7 Å². The SMILES string of the molecule is Cc1ccc(F)c(C(=O)N(C)CCC(N)=NO)c1. The summed E-state index contributed by atoms with van der Waals surface area (Å²) >= 11 is 0. The van der Waals surface area contributed by atoms with Gasteiger partial charge >= 0.3 is 0 Å². The Morgan fingerprint density at radius 1 is 1.56 bits per heavy atom. The Labute approximate surface area is 105 Å². The van der Waals surface area contributed by atoms with Crippen LogP contribution >= 0.6 is 0 Å². The Morgan fingerprint density at radius 2 is 2.22 bits per heavy atom. The molecule has 0 aromatic heterocycles. The van der Waals surface area contributed by atoms with Crippen LogP contribution in [0.2, 0.25) is 0 Å². The molecule has 0 fully saturated rings. The van der Waals surface area contributed by atoms with Crippen molar-refractivity contribution >= 4 is 11.7 Å². The fraction of sp³-hybridized carbons (Fsp3) is 0.333. The third kappa shape index (κ3) is 3.44. The summed E-state index contributed by atoms with van der Waals surface area (Å²) in [5.74, 6) is -0.956. The fourth-order valence-corrected chi connectivity index (χ4v) is 1.44. The van der Waals surface area contributed by atoms with Crippen molar-refractivity contribution in [2.24, 2.45) is 10.9 Å². The molecule has 1 aromatic carbocycles. The lowest BCUT2D eigenvalue weighted by atomic mass is 10.1. The van der Waals surface area contributed by atoms with Crippen LogP contribution in [0.25, 0.3) is 0 Å². The molecule has 0 bridgehead atoms. The molecule has 0 atom stereocenters. The van der Waals surface area contributed by atoms with Crippen LogP contribution in [0.1, 0.15) is 22.3 Å². The van der Waals surface area contributed by atoms with Crippen molar-refractivity contribution in [2.45, 2.75) is 13.3 Å². The van der Waals surface area contributed by atoms with Crippen molar-refractivity contribution in [1.29, 1.82) is 0 Å². The summed E-state index contributed by atoms with van der Waals surface area (Å²) in [6, 6.07) is 4.36. The van der Waals surface area contributed by atoms with Crippen LogP contribution in [-0.4, -0.2) is 35.4 Å². The van der Waals surface area contributed by atoms with E-state index >= 15 is 0 Å². The Morgan fingerprint density at radius 3 is 2.83 bits per heavy atom. The number of amides is 1. The van der Waals surface area contributed by atoms with Crippen molar-refractivity contribution in [3.63, 3.8) is 0 Å². The Hall–Kier alpha value is -2.11. The highest BCUT2D eigenvalue weighted by atomic mass is 19.1. The predicted molar refractivity (Wildman–Crippen MR) is 66.1 cm³/mol. The maximum Gasteiger partial charge on any atom is 0.256 e. The molecule has 5 nitrogen and oxygen atoms in total. The smallest absolute Gasteiger partial charge is 0.256 e. The average molecular weight is 253 g/mol. The second kappa shape index (κ2) is 6.00. The predicted octanol–water partition coefficient (Wildman–Crippen LogP) is 1.34. The molecule has 1 rings (SSSR count). The molecule has 0 heterocycles. The summed E-state index contributed by atoms with van der Waals surface area (Å²) in [4.78, 5) is 13.3. The van der Waals surface area contributed by atoms with Crippen LogP contribution in [0.3, 0.4) is 0 Å². The van der Waals surface area contributed by atoms with E-state index in [0.717, 1.165) is 5.56 Å². The summed E-state index contributed by atoms with van der Waals surface area (Å²) in [5.41, 5.74) is 6.14. The Kier molecular flexibility index (Phi) is 4.65. The first-order chi connectivity index (χ1) is 8.45. The molecule has 0 spiro atoms. The number of rotatable bonds is 4. The molecule has 3 N–H and O–H groups in total. The first-order valence-electron chi connectivity index (χ1n) is 5.43. The Bertz CT molecular complexity index is 474. The molecule has 0 saturated heterocycles. The fourth-order valence-electron chi connectivity index (χ4n) is 1.44. The van der Waals surface area contributed by atoms with Crippen molar-refractivity contribution in [3.8, 4) is 0 Å². The minimum Gasteiger partial charge on any atom is -0.409 e. The second-order valence-corrected chi connectivity index (χ2v) is 4.05. The molecular formula is C12H16FN3O2. The van der Waals surface area contributed by atoms with E-state index in [9.17, 15) is 9.18 Å². The number of carbonyl (C=O) groups is 1. The van der Waals surface area contributed by atoms with Gasteiger partial charge in [0.25, 0.3) is 5.91 Å². The van der Waals surface area contributed by atoms with Crippen LogP contribution in [0.4, 0.5) is 4.39 Å². The monoisotopic (exact) mass is 253 g/mol. The largest absolute Gasteiger partial charge is 0.409 e. The van der Waals surface area contributed by atoms with E-state index < -0.39 is 11.7 Å². The van der Waals surface area contributed by atoms with Gasteiger partial charge in [-0.3, -0.25) is 4.79 Å². The highest BCUT2D eigenvalue weighted by Crippen LogP contribution is 2.12. The van der Waals surface area contributed by atoms with E-state index in [0.29, 0.717) is 0 Å². The third-order valence-corrected chi connectivity index (χ3v) is 2.53. The molecule has 1 aromatic rings. The van der Waals surface area contributed by atoms with Crippen molar-refractivity contribution in [2.75, 3.05) is 13.6 Å². The van der Waals surface area contributed by atoms with Gasteiger partial charge in [0.05, 0.1) is 5.56 Å². The van der Waals surface area contributed by atoms with Crippen LogP contribution < -0.4 is 5.73 Å². The van der Waals surface area contributed by atoms with Gasteiger partial charge in [0.15, 0.2) is 0 Å². The molecule has 18 heavy (non-hydrogen) atoms. The first kappa shape index (κ1) is 14.0. The molecule has 0 aliphatic carbocycles. The van der Waals surface area contributed by atoms with Gasteiger partial charge in [-0.1, -0.05) is 16.8 Å². The number of aryl methyl sites for hydroxylation is 1. The minimum absolute atomic E-state index is 0.0250. The molecule has 1 amide bonds. The van der Waals surface area contributed by atoms with Gasteiger partial charge < -0.3 is 15.8 Å². The van der Waals surface area contributed by atoms with Gasteiger partial charge in [0.2, 0.25) is 0 Å². The first-order valence-corrected chi connectivity index (χ1v) is 5.43. The zero-order chi connectivity index (χ0) is 13.7. The molecule has 6 heteroatoms. The molecule has 0 radical (unpaired) electrons. The van der Waals surface area contributed by atoms with Crippen LogP contribution in [0.15, 0.2) is 23.4 Å². The number of oxime groups is 1. The molecule has 0 aliphatic heterocycles. The standard InChI is InChI=1S/C12H16FN3O2/c1-8-3-4-10(13)9(7-8)12(17)16(2)6-5-11(14)15-18/h3-4,7,18H,5-6H2,1-2H3,(H2,14,15). The number of hydrogen-bond acceptors (Lipinski definition) is 3. The van der Waals surface area contributed by atoms with Gasteiger partial charge in [0, 0.05) is 20.0 Å². The molecule has 0 aliphatic rings. The number of nitrogens with two attached hydrogens (primary N) is 1. The van der Waals surface area contributed by atoms with Crippen LogP contribution in [-0.2, 0) is 0 Å². The van der Waals surface area contributed by atoms with Gasteiger partial charge in [-0.2, -0.15) is 0 Å². The summed E-state index contributed by atoms with van der Waals surface area (Å²) < 4.78 is 13.5. The number of carbonyl (C=O) groups excluding carboxylic acids is 1. The molecular weight excluding hydrogens is 237 g/mol. The lowest BCUT2D eigenvalue weighted by Crippen LogP contribution is -2.31. The summed E-state index contributed by atoms with van der Waals surface area (Å²) in [6.07, 6.45) is 0.228. The van der Waals surface area contributed by atoms with E-state index in [4.69, 9.17) is 10.9 Å². The highest BCUT2D eigenvalue weighted by Gasteiger charge is 2.16. The number of halogens is 1.